The average molecular weight is 575 g/mol. The molecular weight excluding hydrogens is 548 g/mol. The fourth-order valence-corrected chi connectivity index (χ4v) is 4.82. The van der Waals surface area contributed by atoms with Gasteiger partial charge in [0.05, 0.1) is 36.8 Å². The van der Waals surface area contributed by atoms with Crippen LogP contribution >= 0.6 is 11.6 Å². The second kappa shape index (κ2) is 11.7. The Hall–Kier alpha value is -4.81. The summed E-state index contributed by atoms with van der Waals surface area (Å²) in [6.07, 6.45) is 0.429. The fraction of sp³-hybridized carbons (Fsp3) is 0.214. The molecule has 0 aliphatic rings. The highest BCUT2D eigenvalue weighted by Gasteiger charge is 2.17. The number of aromatic amines is 1. The van der Waals surface area contributed by atoms with Gasteiger partial charge in [0.2, 0.25) is 0 Å². The quantitative estimate of drug-likeness (QED) is 0.265. The lowest BCUT2D eigenvalue weighted by molar-refractivity contribution is 0.186. The topological polar surface area (TPSA) is 144 Å². The van der Waals surface area contributed by atoms with E-state index in [4.69, 9.17) is 16.3 Å². The number of carbonyl (C=O) groups is 1. The van der Waals surface area contributed by atoms with Crippen molar-refractivity contribution in [3.63, 3.8) is 0 Å². The van der Waals surface area contributed by atoms with Crippen molar-refractivity contribution in [2.45, 2.75) is 20.4 Å². The first-order valence-electron chi connectivity index (χ1n) is 12.6. The molecule has 210 valence electrons. The van der Waals surface area contributed by atoms with Crippen LogP contribution in [0.5, 0.6) is 0 Å². The van der Waals surface area contributed by atoms with E-state index in [1.165, 1.54) is 23.0 Å². The number of amides is 1. The van der Waals surface area contributed by atoms with Crippen molar-refractivity contribution in [1.29, 1.82) is 0 Å². The molecule has 0 bridgehead atoms. The van der Waals surface area contributed by atoms with E-state index in [0.29, 0.717) is 27.8 Å². The Kier molecular flexibility index (Phi) is 7.95. The summed E-state index contributed by atoms with van der Waals surface area (Å²) in [7, 11) is 1.53. The van der Waals surface area contributed by atoms with Gasteiger partial charge in [-0.2, -0.15) is 4.68 Å². The normalized spacial score (nSPS) is 11.1. The Bertz CT molecular complexity index is 1750. The second-order valence-corrected chi connectivity index (χ2v) is 9.78. The summed E-state index contributed by atoms with van der Waals surface area (Å²) in [6.45, 7) is 4.49. The van der Waals surface area contributed by atoms with Gasteiger partial charge in [0.15, 0.2) is 0 Å². The van der Waals surface area contributed by atoms with Crippen molar-refractivity contribution in [3.8, 4) is 28.1 Å². The number of aryl methyl sites for hydroxylation is 2. The molecule has 5 rings (SSSR count). The number of pyridine rings is 1. The van der Waals surface area contributed by atoms with Gasteiger partial charge in [-0.15, -0.1) is 5.10 Å². The minimum atomic E-state index is -1.05. The van der Waals surface area contributed by atoms with Crippen molar-refractivity contribution >= 4 is 23.4 Å². The number of ether oxygens (including phenoxy) is 1. The van der Waals surface area contributed by atoms with Crippen molar-refractivity contribution in [2.24, 2.45) is 0 Å². The van der Waals surface area contributed by atoms with Gasteiger partial charge < -0.3 is 19.4 Å². The molecule has 3 heterocycles. The van der Waals surface area contributed by atoms with Gasteiger partial charge >= 0.3 is 6.09 Å². The molecule has 0 aliphatic heterocycles. The van der Waals surface area contributed by atoms with Crippen LogP contribution in [0.1, 0.15) is 17.2 Å². The maximum Gasteiger partial charge on any atom is 0.411 e. The lowest BCUT2D eigenvalue weighted by Crippen LogP contribution is -2.32. The number of hydrogen-bond donors (Lipinski definition) is 2. The summed E-state index contributed by atoms with van der Waals surface area (Å²) in [6, 6.07) is 15.9. The number of nitrogens with zero attached hydrogens (tertiary/aromatic N) is 7. The van der Waals surface area contributed by atoms with Crippen molar-refractivity contribution in [2.75, 3.05) is 25.2 Å². The summed E-state index contributed by atoms with van der Waals surface area (Å²) < 4.78 is 8.17. The number of imidazole rings is 1. The Morgan fingerprint density at radius 2 is 1.88 bits per heavy atom. The number of tetrazole rings is 1. The van der Waals surface area contributed by atoms with Crippen LogP contribution in [-0.2, 0) is 11.3 Å². The largest absolute Gasteiger partial charge is 0.465 e. The lowest BCUT2D eigenvalue weighted by atomic mass is 10.0. The minimum Gasteiger partial charge on any atom is -0.465 e. The molecule has 0 radical (unpaired) electrons. The molecule has 0 fully saturated rings. The van der Waals surface area contributed by atoms with Crippen LogP contribution in [0.25, 0.3) is 28.1 Å². The van der Waals surface area contributed by atoms with Gasteiger partial charge in [-0.05, 0) is 71.8 Å². The van der Waals surface area contributed by atoms with Gasteiger partial charge in [0, 0.05) is 35.1 Å². The van der Waals surface area contributed by atoms with E-state index in [0.717, 1.165) is 28.2 Å². The lowest BCUT2D eigenvalue weighted by Gasteiger charge is -2.19. The van der Waals surface area contributed by atoms with E-state index >= 15 is 0 Å². The maximum absolute atomic E-state index is 13.3. The number of benzene rings is 2. The zero-order chi connectivity index (χ0) is 29.1. The third-order valence-corrected chi connectivity index (χ3v) is 6.89. The number of anilines is 1. The molecule has 2 N–H and O–H groups in total. The Balaban J connectivity index is 1.41. The summed E-state index contributed by atoms with van der Waals surface area (Å²) in [4.78, 5) is 34.1. The first-order chi connectivity index (χ1) is 19.7. The molecule has 2 aromatic carbocycles. The fourth-order valence-electron chi connectivity index (χ4n) is 4.65. The van der Waals surface area contributed by atoms with Gasteiger partial charge in [-0.25, -0.2) is 9.78 Å². The number of aromatic nitrogens is 7. The van der Waals surface area contributed by atoms with Gasteiger partial charge in [0.25, 0.3) is 5.56 Å². The highest BCUT2D eigenvalue weighted by molar-refractivity contribution is 6.31. The molecule has 0 saturated carbocycles. The number of nitrogens with one attached hydrogen (secondary N) is 1. The summed E-state index contributed by atoms with van der Waals surface area (Å²) in [5, 5.41) is 21.4. The minimum absolute atomic E-state index is 0.201. The van der Waals surface area contributed by atoms with E-state index in [2.05, 4.69) is 25.5 Å². The summed E-state index contributed by atoms with van der Waals surface area (Å²) in [5.74, 6) is 0.615. The molecule has 0 aliphatic carbocycles. The second-order valence-electron chi connectivity index (χ2n) is 9.34. The van der Waals surface area contributed by atoms with Crippen molar-refractivity contribution in [3.05, 3.63) is 93.5 Å². The Labute approximate surface area is 239 Å². The van der Waals surface area contributed by atoms with Crippen molar-refractivity contribution in [1.82, 2.24) is 34.7 Å². The molecule has 3 aromatic heterocycles. The highest BCUT2D eigenvalue weighted by Crippen LogP contribution is 2.29. The van der Waals surface area contributed by atoms with E-state index in [1.54, 1.807) is 41.0 Å². The molecule has 0 spiro atoms. The first-order valence-corrected chi connectivity index (χ1v) is 13.0. The highest BCUT2D eigenvalue weighted by atomic mass is 35.5. The summed E-state index contributed by atoms with van der Waals surface area (Å²) in [5.41, 5.74) is 5.57. The predicted molar refractivity (Wildman–Crippen MR) is 154 cm³/mol. The Morgan fingerprint density at radius 1 is 1.10 bits per heavy atom. The van der Waals surface area contributed by atoms with Crippen LogP contribution < -0.4 is 10.5 Å². The van der Waals surface area contributed by atoms with Crippen LogP contribution in [0.2, 0.25) is 5.02 Å². The maximum atomic E-state index is 13.3. The number of rotatable bonds is 9. The molecule has 12 nitrogen and oxygen atoms in total. The number of methoxy groups -OCH3 is 1. The zero-order valence-corrected chi connectivity index (χ0v) is 23.3. The standard InChI is InChI=1S/C28H27ClN8O4/c1-17-12-20(23-14-21(29)6-9-24(23)37-16-30-33-34-37)13-26(38)36(17)15-25-31-18(2)27(32-25)19-4-7-22(8-5-19)35(28(39)40)10-11-41-3/h4-9,12-14,16H,10-11,15H2,1-3H3,(H,31,32)(H,39,40). The molecule has 13 heteroatoms. The van der Waals surface area contributed by atoms with Crippen LogP contribution in [0, 0.1) is 13.8 Å². The van der Waals surface area contributed by atoms with E-state index < -0.39 is 6.09 Å². The molecule has 5 aromatic rings. The molecule has 41 heavy (non-hydrogen) atoms. The van der Waals surface area contributed by atoms with E-state index in [9.17, 15) is 14.7 Å². The van der Waals surface area contributed by atoms with Crippen LogP contribution in [0.4, 0.5) is 10.5 Å². The van der Waals surface area contributed by atoms with Gasteiger partial charge in [-0.3, -0.25) is 9.69 Å². The molecule has 0 atom stereocenters. The van der Waals surface area contributed by atoms with Gasteiger partial charge in [-0.1, -0.05) is 23.7 Å². The number of carboxylic acid groups (broad SMARTS) is 1. The van der Waals surface area contributed by atoms with E-state index in [1.807, 2.05) is 32.0 Å². The van der Waals surface area contributed by atoms with Crippen LogP contribution in [-0.4, -0.2) is 66.2 Å². The van der Waals surface area contributed by atoms with E-state index in [-0.39, 0.29) is 25.3 Å². The third kappa shape index (κ3) is 5.88. The number of hydrogen-bond acceptors (Lipinski definition) is 7. The molecule has 0 saturated heterocycles. The van der Waals surface area contributed by atoms with Crippen LogP contribution in [0.3, 0.4) is 0 Å². The zero-order valence-electron chi connectivity index (χ0n) is 22.6. The number of H-pyrrole nitrogens is 1. The molecular formula is C28H27ClN8O4. The average Bonchev–Trinajstić information content (AvgIpc) is 3.61. The monoisotopic (exact) mass is 574 g/mol. The molecule has 1 amide bonds. The van der Waals surface area contributed by atoms with Crippen LogP contribution in [0.15, 0.2) is 65.7 Å². The Morgan fingerprint density at radius 3 is 2.54 bits per heavy atom. The third-order valence-electron chi connectivity index (χ3n) is 6.66. The predicted octanol–water partition coefficient (Wildman–Crippen LogP) is 4.33. The van der Waals surface area contributed by atoms with Crippen molar-refractivity contribution < 1.29 is 14.6 Å². The smallest absolute Gasteiger partial charge is 0.411 e. The summed E-state index contributed by atoms with van der Waals surface area (Å²) >= 11 is 6.28. The van der Waals surface area contributed by atoms with Gasteiger partial charge in [0.1, 0.15) is 12.2 Å². The molecule has 0 unspecified atom stereocenters. The SMILES string of the molecule is COCCN(C(=O)O)c1ccc(-c2[nH]c(Cn3c(C)cc(-c4cc(Cl)ccc4-n4cnnn4)cc3=O)nc2C)cc1. The first kappa shape index (κ1) is 27.7. The number of halogens is 1.